The number of rotatable bonds is 5. The van der Waals surface area contributed by atoms with Crippen molar-refractivity contribution in [3.8, 4) is 0 Å². The van der Waals surface area contributed by atoms with Crippen LogP contribution in [0.15, 0.2) is 82.8 Å². The lowest BCUT2D eigenvalue weighted by Gasteiger charge is -2.11. The Morgan fingerprint density at radius 2 is 1.66 bits per heavy atom. The van der Waals surface area contributed by atoms with Crippen LogP contribution in [-0.4, -0.2) is 20.0 Å². The van der Waals surface area contributed by atoms with Crippen molar-refractivity contribution < 1.29 is 13.2 Å². The number of hydrazone groups is 1. The third-order valence-electron chi connectivity index (χ3n) is 5.26. The SMILES string of the molecule is O=C(NN=C1CCCCc2ccccc21)c1cccc(S(=O)(=O)Nc2ccccc2Cl)c1. The number of para-hydroxylation sites is 1. The van der Waals surface area contributed by atoms with Gasteiger partial charge in [0.2, 0.25) is 0 Å². The van der Waals surface area contributed by atoms with Crippen molar-refractivity contribution in [2.24, 2.45) is 5.10 Å². The van der Waals surface area contributed by atoms with E-state index < -0.39 is 15.9 Å². The van der Waals surface area contributed by atoms with Crippen molar-refractivity contribution in [1.29, 1.82) is 0 Å². The zero-order chi connectivity index (χ0) is 22.6. The van der Waals surface area contributed by atoms with Crippen molar-refractivity contribution in [2.75, 3.05) is 4.72 Å². The highest BCUT2D eigenvalue weighted by Crippen LogP contribution is 2.24. The summed E-state index contributed by atoms with van der Waals surface area (Å²) in [6.45, 7) is 0. The van der Waals surface area contributed by atoms with E-state index in [0.29, 0.717) is 0 Å². The Bertz CT molecular complexity index is 1290. The molecule has 1 aliphatic rings. The molecule has 0 aromatic heterocycles. The van der Waals surface area contributed by atoms with Gasteiger partial charge < -0.3 is 0 Å². The Morgan fingerprint density at radius 3 is 2.50 bits per heavy atom. The van der Waals surface area contributed by atoms with Gasteiger partial charge in [-0.3, -0.25) is 9.52 Å². The Balaban J connectivity index is 1.54. The molecule has 32 heavy (non-hydrogen) atoms. The summed E-state index contributed by atoms with van der Waals surface area (Å²) in [5, 5.41) is 4.65. The summed E-state index contributed by atoms with van der Waals surface area (Å²) < 4.78 is 28.0. The maximum Gasteiger partial charge on any atom is 0.271 e. The van der Waals surface area contributed by atoms with E-state index in [4.69, 9.17) is 11.6 Å². The Kier molecular flexibility index (Phi) is 6.58. The van der Waals surface area contributed by atoms with Crippen LogP contribution in [-0.2, 0) is 16.4 Å². The maximum atomic E-state index is 12.8. The number of carbonyl (C=O) groups excluding carboxylic acids is 1. The monoisotopic (exact) mass is 467 g/mol. The van der Waals surface area contributed by atoms with E-state index in [0.717, 1.165) is 37.0 Å². The first-order valence-corrected chi connectivity index (χ1v) is 12.1. The van der Waals surface area contributed by atoms with Crippen molar-refractivity contribution in [1.82, 2.24) is 5.43 Å². The second kappa shape index (κ2) is 9.54. The van der Waals surface area contributed by atoms with Gasteiger partial charge in [-0.05, 0) is 61.6 Å². The number of hydrogen-bond donors (Lipinski definition) is 2. The molecular formula is C24H22ClN3O3S. The molecule has 0 spiro atoms. The fourth-order valence-corrected chi connectivity index (χ4v) is 4.98. The molecule has 0 bridgehead atoms. The molecule has 0 radical (unpaired) electrons. The number of aryl methyl sites for hydroxylation is 1. The number of carbonyl (C=O) groups is 1. The van der Waals surface area contributed by atoms with Gasteiger partial charge in [0, 0.05) is 11.1 Å². The predicted molar refractivity (Wildman–Crippen MR) is 127 cm³/mol. The average Bonchev–Trinajstić information content (AvgIpc) is 3.01. The van der Waals surface area contributed by atoms with E-state index >= 15 is 0 Å². The summed E-state index contributed by atoms with van der Waals surface area (Å²) in [6.07, 6.45) is 3.82. The number of nitrogens with zero attached hydrogens (tertiary/aromatic N) is 1. The number of benzene rings is 3. The highest BCUT2D eigenvalue weighted by atomic mass is 35.5. The van der Waals surface area contributed by atoms with E-state index in [1.807, 2.05) is 18.2 Å². The molecule has 6 nitrogen and oxygen atoms in total. The topological polar surface area (TPSA) is 87.6 Å². The van der Waals surface area contributed by atoms with Crippen LogP contribution in [0.25, 0.3) is 0 Å². The van der Waals surface area contributed by atoms with Gasteiger partial charge >= 0.3 is 0 Å². The number of hydrogen-bond acceptors (Lipinski definition) is 4. The molecular weight excluding hydrogens is 446 g/mol. The third kappa shape index (κ3) is 5.00. The molecule has 0 fully saturated rings. The van der Waals surface area contributed by atoms with Gasteiger partial charge in [-0.1, -0.05) is 54.1 Å². The fraction of sp³-hybridized carbons (Fsp3) is 0.167. The van der Waals surface area contributed by atoms with Gasteiger partial charge in [0.1, 0.15) is 0 Å². The third-order valence-corrected chi connectivity index (χ3v) is 6.95. The first-order valence-electron chi connectivity index (χ1n) is 10.3. The standard InChI is InChI=1S/C24H22ClN3O3S/c25-21-13-4-6-15-23(21)28-32(30,31)19-11-7-10-18(16-19)24(29)27-26-22-14-5-2-9-17-8-1-3-12-20(17)22/h1,3-4,6-8,10-13,15-16,28H,2,5,9,14H2,(H,27,29). The fourth-order valence-electron chi connectivity index (χ4n) is 3.61. The Hall–Kier alpha value is -3.16. The second-order valence-corrected chi connectivity index (χ2v) is 9.57. The summed E-state index contributed by atoms with van der Waals surface area (Å²) in [5.74, 6) is -0.478. The van der Waals surface area contributed by atoms with Crippen molar-refractivity contribution in [2.45, 2.75) is 30.6 Å². The van der Waals surface area contributed by atoms with Crippen molar-refractivity contribution >= 4 is 38.9 Å². The normalized spacial score (nSPS) is 15.0. The average molecular weight is 468 g/mol. The minimum absolute atomic E-state index is 0.0439. The zero-order valence-electron chi connectivity index (χ0n) is 17.2. The largest absolute Gasteiger partial charge is 0.278 e. The molecule has 164 valence electrons. The lowest BCUT2D eigenvalue weighted by Crippen LogP contribution is -2.21. The quantitative estimate of drug-likeness (QED) is 0.408. The van der Waals surface area contributed by atoms with Crippen LogP contribution in [0, 0.1) is 0 Å². The molecule has 3 aromatic rings. The predicted octanol–water partition coefficient (Wildman–Crippen LogP) is 5.00. The summed E-state index contributed by atoms with van der Waals surface area (Å²) >= 11 is 6.06. The molecule has 0 saturated heterocycles. The van der Waals surface area contributed by atoms with E-state index in [-0.39, 0.29) is 21.2 Å². The molecule has 1 amide bonds. The first kappa shape index (κ1) is 22.0. The summed E-state index contributed by atoms with van der Waals surface area (Å²) in [7, 11) is -3.92. The molecule has 2 N–H and O–H groups in total. The molecule has 0 saturated carbocycles. The second-order valence-electron chi connectivity index (χ2n) is 7.48. The van der Waals surface area contributed by atoms with Crippen molar-refractivity contribution in [3.63, 3.8) is 0 Å². The van der Waals surface area contributed by atoms with Crippen LogP contribution >= 0.6 is 11.6 Å². The lowest BCUT2D eigenvalue weighted by molar-refractivity contribution is 0.0954. The van der Waals surface area contributed by atoms with Crippen LogP contribution in [0.2, 0.25) is 5.02 Å². The number of nitrogens with one attached hydrogen (secondary N) is 2. The Morgan fingerprint density at radius 1 is 0.906 bits per heavy atom. The highest BCUT2D eigenvalue weighted by molar-refractivity contribution is 7.92. The van der Waals surface area contributed by atoms with E-state index in [2.05, 4.69) is 21.3 Å². The molecule has 8 heteroatoms. The number of amides is 1. The van der Waals surface area contributed by atoms with Gasteiger partial charge in [-0.15, -0.1) is 0 Å². The van der Waals surface area contributed by atoms with Crippen LogP contribution in [0.3, 0.4) is 0 Å². The van der Waals surface area contributed by atoms with E-state index in [1.54, 1.807) is 30.3 Å². The minimum atomic E-state index is -3.92. The molecule has 0 unspecified atom stereocenters. The smallest absolute Gasteiger partial charge is 0.271 e. The van der Waals surface area contributed by atoms with Crippen LogP contribution in [0.5, 0.6) is 0 Å². The van der Waals surface area contributed by atoms with Gasteiger partial charge in [0.05, 0.1) is 21.3 Å². The number of anilines is 1. The van der Waals surface area contributed by atoms with E-state index in [9.17, 15) is 13.2 Å². The highest BCUT2D eigenvalue weighted by Gasteiger charge is 2.18. The van der Waals surface area contributed by atoms with Crippen LogP contribution in [0.4, 0.5) is 5.69 Å². The van der Waals surface area contributed by atoms with Gasteiger partial charge in [-0.2, -0.15) is 5.10 Å². The molecule has 4 rings (SSSR count). The first-order chi connectivity index (χ1) is 15.4. The van der Waals surface area contributed by atoms with Gasteiger partial charge in [0.15, 0.2) is 0 Å². The maximum absolute atomic E-state index is 12.8. The Labute approximate surface area is 192 Å². The van der Waals surface area contributed by atoms with Gasteiger partial charge in [-0.25, -0.2) is 13.8 Å². The molecule has 0 heterocycles. The number of halogens is 1. The summed E-state index contributed by atoms with van der Waals surface area (Å²) in [6, 6.07) is 20.4. The number of fused-ring (bicyclic) bond motifs is 1. The lowest BCUT2D eigenvalue weighted by atomic mass is 10.0. The van der Waals surface area contributed by atoms with Gasteiger partial charge in [0.25, 0.3) is 15.9 Å². The zero-order valence-corrected chi connectivity index (χ0v) is 18.8. The number of sulfonamides is 1. The van der Waals surface area contributed by atoms with Crippen molar-refractivity contribution in [3.05, 3.63) is 94.5 Å². The summed E-state index contributed by atoms with van der Waals surface area (Å²) in [5.41, 5.74) is 6.14. The molecule has 0 aliphatic heterocycles. The summed E-state index contributed by atoms with van der Waals surface area (Å²) in [4.78, 5) is 12.7. The molecule has 3 aromatic carbocycles. The molecule has 0 atom stereocenters. The van der Waals surface area contributed by atoms with Crippen LogP contribution < -0.4 is 10.1 Å². The minimum Gasteiger partial charge on any atom is -0.278 e. The van der Waals surface area contributed by atoms with E-state index in [1.165, 1.54) is 23.8 Å². The molecule has 1 aliphatic carbocycles. The van der Waals surface area contributed by atoms with Crippen LogP contribution in [0.1, 0.15) is 40.7 Å².